The summed E-state index contributed by atoms with van der Waals surface area (Å²) < 4.78 is 34.6. The van der Waals surface area contributed by atoms with Gasteiger partial charge in [-0.15, -0.1) is 24.0 Å². The van der Waals surface area contributed by atoms with Crippen molar-refractivity contribution in [3.05, 3.63) is 54.0 Å². The number of guanidine groups is 1. The molecule has 0 bridgehead atoms. The summed E-state index contributed by atoms with van der Waals surface area (Å²) in [6.45, 7) is 0.586. The van der Waals surface area contributed by atoms with Crippen LogP contribution >= 0.6 is 24.0 Å². The standard InChI is InChI=1S/C21H28F2N4O2.HI/c1-24-21(26(2)15-16-7-9-17(10-8-16)29-20(22)23)25-14-18(19-6-5-13-28-19)27-11-3-4-12-27;/h5-10,13,18,20H,3-4,11-12,14-15H2,1-2H3,(H,24,25);1H. The molecule has 1 aromatic carbocycles. The first-order valence-electron chi connectivity index (χ1n) is 9.80. The molecule has 1 aliphatic heterocycles. The molecular formula is C21H29F2IN4O2. The number of halogens is 3. The molecule has 1 unspecified atom stereocenters. The molecule has 1 atom stereocenters. The minimum absolute atomic E-state index is 0. The molecule has 1 N–H and O–H groups in total. The Hall–Kier alpha value is -1.88. The summed E-state index contributed by atoms with van der Waals surface area (Å²) in [6.07, 6.45) is 4.12. The van der Waals surface area contributed by atoms with E-state index in [0.717, 1.165) is 30.4 Å². The summed E-state index contributed by atoms with van der Waals surface area (Å²) in [7, 11) is 3.69. The maximum Gasteiger partial charge on any atom is 0.387 e. The molecule has 1 aliphatic rings. The van der Waals surface area contributed by atoms with Crippen LogP contribution in [-0.2, 0) is 6.54 Å². The first kappa shape index (κ1) is 24.4. The van der Waals surface area contributed by atoms with Crippen molar-refractivity contribution in [2.45, 2.75) is 32.0 Å². The highest BCUT2D eigenvalue weighted by atomic mass is 127. The van der Waals surface area contributed by atoms with Crippen molar-refractivity contribution >= 4 is 29.9 Å². The summed E-state index contributed by atoms with van der Waals surface area (Å²) in [5.41, 5.74) is 0.971. The number of likely N-dealkylation sites (tertiary alicyclic amines) is 1. The van der Waals surface area contributed by atoms with Gasteiger partial charge < -0.3 is 19.4 Å². The third-order valence-corrected chi connectivity index (χ3v) is 5.05. The van der Waals surface area contributed by atoms with E-state index in [1.165, 1.54) is 12.8 Å². The van der Waals surface area contributed by atoms with Crippen LogP contribution in [0.25, 0.3) is 0 Å². The molecule has 2 aromatic rings. The van der Waals surface area contributed by atoms with Crippen LogP contribution < -0.4 is 10.1 Å². The molecule has 166 valence electrons. The molecule has 0 aliphatic carbocycles. The molecule has 0 radical (unpaired) electrons. The Bertz CT molecular complexity index is 766. The summed E-state index contributed by atoms with van der Waals surface area (Å²) in [4.78, 5) is 8.80. The van der Waals surface area contributed by atoms with Crippen LogP contribution in [0.15, 0.2) is 52.1 Å². The topological polar surface area (TPSA) is 53.2 Å². The van der Waals surface area contributed by atoms with Crippen LogP contribution in [0, 0.1) is 0 Å². The molecule has 0 amide bonds. The van der Waals surface area contributed by atoms with Crippen molar-refractivity contribution in [1.29, 1.82) is 0 Å². The fourth-order valence-corrected chi connectivity index (χ4v) is 3.64. The highest BCUT2D eigenvalue weighted by Gasteiger charge is 2.26. The normalized spacial score (nSPS) is 15.7. The fraction of sp³-hybridized carbons (Fsp3) is 0.476. The van der Waals surface area contributed by atoms with Crippen LogP contribution in [0.4, 0.5) is 8.78 Å². The van der Waals surface area contributed by atoms with Gasteiger partial charge in [-0.2, -0.15) is 8.78 Å². The van der Waals surface area contributed by atoms with Gasteiger partial charge in [0.05, 0.1) is 12.3 Å². The quantitative estimate of drug-likeness (QED) is 0.310. The Morgan fingerprint density at radius 3 is 2.50 bits per heavy atom. The second-order valence-electron chi connectivity index (χ2n) is 7.08. The lowest BCUT2D eigenvalue weighted by Crippen LogP contribution is -2.43. The maximum atomic E-state index is 12.3. The molecule has 1 saturated heterocycles. The number of rotatable bonds is 8. The zero-order chi connectivity index (χ0) is 20.6. The molecule has 0 spiro atoms. The SMILES string of the molecule is CN=C(NCC(c1ccco1)N1CCCC1)N(C)Cc1ccc(OC(F)F)cc1.I. The van der Waals surface area contributed by atoms with Gasteiger partial charge in [-0.3, -0.25) is 9.89 Å². The van der Waals surface area contributed by atoms with E-state index in [4.69, 9.17) is 4.42 Å². The van der Waals surface area contributed by atoms with E-state index in [1.54, 1.807) is 37.6 Å². The first-order chi connectivity index (χ1) is 14.1. The predicted octanol–water partition coefficient (Wildman–Crippen LogP) is 4.34. The molecule has 2 heterocycles. The number of benzene rings is 1. The number of nitrogens with zero attached hydrogens (tertiary/aromatic N) is 3. The van der Waals surface area contributed by atoms with Crippen LogP contribution in [0.2, 0.25) is 0 Å². The van der Waals surface area contributed by atoms with E-state index in [1.807, 2.05) is 24.1 Å². The van der Waals surface area contributed by atoms with Gasteiger partial charge in [-0.05, 0) is 55.8 Å². The van der Waals surface area contributed by atoms with Gasteiger partial charge in [0.25, 0.3) is 0 Å². The van der Waals surface area contributed by atoms with Gasteiger partial charge in [0, 0.05) is 27.2 Å². The highest BCUT2D eigenvalue weighted by Crippen LogP contribution is 2.25. The van der Waals surface area contributed by atoms with Gasteiger partial charge in [0.15, 0.2) is 5.96 Å². The Balaban J connectivity index is 0.00000320. The van der Waals surface area contributed by atoms with Crippen molar-refractivity contribution in [3.8, 4) is 5.75 Å². The van der Waals surface area contributed by atoms with Crippen molar-refractivity contribution < 1.29 is 17.9 Å². The molecule has 1 fully saturated rings. The Kier molecular flexibility index (Phi) is 9.83. The molecule has 9 heteroatoms. The van der Waals surface area contributed by atoms with E-state index in [0.29, 0.717) is 13.1 Å². The minimum atomic E-state index is -2.82. The lowest BCUT2D eigenvalue weighted by Gasteiger charge is -2.29. The highest BCUT2D eigenvalue weighted by molar-refractivity contribution is 14.0. The number of hydrogen-bond acceptors (Lipinski definition) is 4. The van der Waals surface area contributed by atoms with E-state index in [2.05, 4.69) is 19.9 Å². The van der Waals surface area contributed by atoms with Crippen molar-refractivity contribution in [3.63, 3.8) is 0 Å². The monoisotopic (exact) mass is 534 g/mol. The van der Waals surface area contributed by atoms with Gasteiger partial charge in [0.2, 0.25) is 0 Å². The number of furan rings is 1. The van der Waals surface area contributed by atoms with E-state index in [-0.39, 0.29) is 35.8 Å². The van der Waals surface area contributed by atoms with E-state index < -0.39 is 6.61 Å². The first-order valence-corrected chi connectivity index (χ1v) is 9.80. The molecule has 3 rings (SSSR count). The molecule has 30 heavy (non-hydrogen) atoms. The second kappa shape index (κ2) is 12.1. The zero-order valence-electron chi connectivity index (χ0n) is 17.3. The summed E-state index contributed by atoms with van der Waals surface area (Å²) >= 11 is 0. The summed E-state index contributed by atoms with van der Waals surface area (Å²) in [5.74, 6) is 1.86. The van der Waals surface area contributed by atoms with Crippen LogP contribution in [0.3, 0.4) is 0 Å². The third-order valence-electron chi connectivity index (χ3n) is 5.05. The fourth-order valence-electron chi connectivity index (χ4n) is 3.64. The number of aliphatic imine (C=N–C) groups is 1. The number of hydrogen-bond donors (Lipinski definition) is 1. The van der Waals surface area contributed by atoms with Gasteiger partial charge in [0.1, 0.15) is 11.5 Å². The largest absolute Gasteiger partial charge is 0.468 e. The van der Waals surface area contributed by atoms with Crippen LogP contribution in [0.5, 0.6) is 5.75 Å². The second-order valence-corrected chi connectivity index (χ2v) is 7.08. The lowest BCUT2D eigenvalue weighted by atomic mass is 10.2. The predicted molar refractivity (Wildman–Crippen MR) is 124 cm³/mol. The van der Waals surface area contributed by atoms with Crippen molar-refractivity contribution in [1.82, 2.24) is 15.1 Å². The van der Waals surface area contributed by atoms with Crippen LogP contribution in [-0.4, -0.2) is 56.1 Å². The summed E-state index contributed by atoms with van der Waals surface area (Å²) in [6, 6.07) is 10.7. The molecule has 6 nitrogen and oxygen atoms in total. The van der Waals surface area contributed by atoms with Gasteiger partial charge >= 0.3 is 6.61 Å². The number of ether oxygens (including phenoxy) is 1. The van der Waals surface area contributed by atoms with Crippen molar-refractivity contribution in [2.24, 2.45) is 4.99 Å². The number of alkyl halides is 2. The Morgan fingerprint density at radius 2 is 1.93 bits per heavy atom. The molecule has 1 aromatic heterocycles. The number of nitrogens with one attached hydrogen (secondary N) is 1. The van der Waals surface area contributed by atoms with Gasteiger partial charge in [-0.25, -0.2) is 0 Å². The van der Waals surface area contributed by atoms with E-state index >= 15 is 0 Å². The molecule has 0 saturated carbocycles. The Morgan fingerprint density at radius 1 is 1.23 bits per heavy atom. The average Bonchev–Trinajstić information content (AvgIpc) is 3.41. The van der Waals surface area contributed by atoms with Crippen LogP contribution in [0.1, 0.15) is 30.2 Å². The smallest absolute Gasteiger partial charge is 0.387 e. The van der Waals surface area contributed by atoms with E-state index in [9.17, 15) is 8.78 Å². The average molecular weight is 534 g/mol. The van der Waals surface area contributed by atoms with Gasteiger partial charge in [-0.1, -0.05) is 12.1 Å². The zero-order valence-corrected chi connectivity index (χ0v) is 19.6. The third kappa shape index (κ3) is 6.83. The Labute approximate surface area is 193 Å². The maximum absolute atomic E-state index is 12.3. The summed E-state index contributed by atoms with van der Waals surface area (Å²) in [5, 5.41) is 3.44. The minimum Gasteiger partial charge on any atom is -0.468 e. The van der Waals surface area contributed by atoms with Crippen molar-refractivity contribution in [2.75, 3.05) is 33.7 Å². The lowest BCUT2D eigenvalue weighted by molar-refractivity contribution is -0.0498. The molecular weight excluding hydrogens is 505 g/mol.